The molecule has 0 bridgehead atoms. The van der Waals surface area contributed by atoms with Crippen LogP contribution in [0.25, 0.3) is 0 Å². The molecule has 134 valence electrons. The van der Waals surface area contributed by atoms with Crippen molar-refractivity contribution in [2.45, 2.75) is 45.8 Å². The van der Waals surface area contributed by atoms with Crippen LogP contribution in [0.5, 0.6) is 0 Å². The van der Waals surface area contributed by atoms with Crippen molar-refractivity contribution in [3.05, 3.63) is 28.8 Å². The van der Waals surface area contributed by atoms with E-state index in [4.69, 9.17) is 10.5 Å². The van der Waals surface area contributed by atoms with Gasteiger partial charge < -0.3 is 21.1 Å². The summed E-state index contributed by atoms with van der Waals surface area (Å²) in [6.45, 7) is 6.26. The zero-order chi connectivity index (χ0) is 17.0. The van der Waals surface area contributed by atoms with E-state index in [1.54, 1.807) is 0 Å². The van der Waals surface area contributed by atoms with Crippen molar-refractivity contribution in [3.8, 4) is 0 Å². The predicted molar refractivity (Wildman–Crippen MR) is 96.5 cm³/mol. The molecule has 2 atom stereocenters. The molecular formula is C17H26ClN3O3. The summed E-state index contributed by atoms with van der Waals surface area (Å²) in [5, 5.41) is 5.48. The van der Waals surface area contributed by atoms with Gasteiger partial charge in [0.25, 0.3) is 0 Å². The van der Waals surface area contributed by atoms with E-state index >= 15 is 0 Å². The quantitative estimate of drug-likeness (QED) is 0.747. The van der Waals surface area contributed by atoms with Crippen molar-refractivity contribution in [1.29, 1.82) is 0 Å². The minimum Gasteiger partial charge on any atom is -0.364 e. The number of benzene rings is 1. The Morgan fingerprint density at radius 1 is 1.21 bits per heavy atom. The number of hydrogen-bond acceptors (Lipinski definition) is 4. The standard InChI is InChI=1S/C17H25N3O3.ClH/c1-10-6-11(2)16(12(3)7-10)20-15(21)9-19-17(22)14-5-4-13(8-18)23-14;/h6-7,13-14H,4-5,8-9,18H2,1-3H3,(H,19,22)(H,20,21);1H/t13-,14+;/m1./s1. The van der Waals surface area contributed by atoms with Crippen molar-refractivity contribution in [1.82, 2.24) is 5.32 Å². The zero-order valence-corrected chi connectivity index (χ0v) is 15.2. The van der Waals surface area contributed by atoms with Crippen molar-refractivity contribution in [2.24, 2.45) is 5.73 Å². The van der Waals surface area contributed by atoms with E-state index in [-0.39, 0.29) is 36.9 Å². The summed E-state index contributed by atoms with van der Waals surface area (Å²) in [6, 6.07) is 4.03. The number of anilines is 1. The number of nitrogens with two attached hydrogens (primary N) is 1. The summed E-state index contributed by atoms with van der Waals surface area (Å²) >= 11 is 0. The molecule has 24 heavy (non-hydrogen) atoms. The monoisotopic (exact) mass is 355 g/mol. The van der Waals surface area contributed by atoms with Gasteiger partial charge in [-0.15, -0.1) is 12.4 Å². The first-order chi connectivity index (χ1) is 10.9. The molecule has 1 aliphatic rings. The number of carbonyl (C=O) groups excluding carboxylic acids is 2. The van der Waals surface area contributed by atoms with E-state index in [0.717, 1.165) is 28.8 Å². The van der Waals surface area contributed by atoms with Gasteiger partial charge in [-0.2, -0.15) is 0 Å². The Labute approximate surface area is 148 Å². The summed E-state index contributed by atoms with van der Waals surface area (Å²) in [6.07, 6.45) is 0.866. The van der Waals surface area contributed by atoms with Gasteiger partial charge in [0, 0.05) is 12.2 Å². The first kappa shape index (κ1) is 20.4. The van der Waals surface area contributed by atoms with Gasteiger partial charge in [-0.3, -0.25) is 9.59 Å². The maximum Gasteiger partial charge on any atom is 0.249 e. The van der Waals surface area contributed by atoms with Gasteiger partial charge in [-0.1, -0.05) is 17.7 Å². The molecule has 0 saturated carbocycles. The second-order valence-electron chi connectivity index (χ2n) is 6.10. The van der Waals surface area contributed by atoms with Crippen LogP contribution < -0.4 is 16.4 Å². The average molecular weight is 356 g/mol. The van der Waals surface area contributed by atoms with Crippen molar-refractivity contribution in [2.75, 3.05) is 18.4 Å². The van der Waals surface area contributed by atoms with E-state index < -0.39 is 6.10 Å². The number of nitrogens with one attached hydrogen (secondary N) is 2. The first-order valence-corrected chi connectivity index (χ1v) is 7.91. The molecule has 1 aromatic rings. The van der Waals surface area contributed by atoms with E-state index in [9.17, 15) is 9.59 Å². The Morgan fingerprint density at radius 2 is 1.83 bits per heavy atom. The van der Waals surface area contributed by atoms with Crippen LogP contribution in [-0.4, -0.2) is 37.1 Å². The second-order valence-corrected chi connectivity index (χ2v) is 6.10. The number of rotatable bonds is 5. The molecule has 0 unspecified atom stereocenters. The predicted octanol–water partition coefficient (Wildman–Crippen LogP) is 1.59. The number of halogens is 1. The Bertz CT molecular complexity index is 584. The third-order valence-electron chi connectivity index (χ3n) is 4.03. The minimum absolute atomic E-state index is 0. The lowest BCUT2D eigenvalue weighted by atomic mass is 10.1. The molecule has 1 saturated heterocycles. The smallest absolute Gasteiger partial charge is 0.249 e. The molecular weight excluding hydrogens is 330 g/mol. The molecule has 0 aromatic heterocycles. The van der Waals surface area contributed by atoms with E-state index in [1.807, 2.05) is 32.9 Å². The number of aryl methyl sites for hydroxylation is 3. The van der Waals surface area contributed by atoms with Crippen molar-refractivity contribution in [3.63, 3.8) is 0 Å². The lowest BCUT2D eigenvalue weighted by Gasteiger charge is -2.15. The Morgan fingerprint density at radius 3 is 2.38 bits per heavy atom. The summed E-state index contributed by atoms with van der Waals surface area (Å²) in [5.74, 6) is -0.504. The highest BCUT2D eigenvalue weighted by Crippen LogP contribution is 2.22. The third-order valence-corrected chi connectivity index (χ3v) is 4.03. The SMILES string of the molecule is Cc1cc(C)c(NC(=O)CNC(=O)[C@@H]2CC[C@H](CN)O2)c(C)c1.Cl. The van der Waals surface area contributed by atoms with Crippen LogP contribution in [0.3, 0.4) is 0 Å². The maximum absolute atomic E-state index is 12.1. The number of hydrogen-bond donors (Lipinski definition) is 3. The van der Waals surface area contributed by atoms with Gasteiger partial charge in [0.2, 0.25) is 11.8 Å². The highest BCUT2D eigenvalue weighted by molar-refractivity contribution is 5.96. The van der Waals surface area contributed by atoms with Crippen LogP contribution in [0.2, 0.25) is 0 Å². The molecule has 1 heterocycles. The molecule has 7 heteroatoms. The highest BCUT2D eigenvalue weighted by atomic mass is 35.5. The fourth-order valence-electron chi connectivity index (χ4n) is 2.91. The molecule has 4 N–H and O–H groups in total. The molecule has 2 amide bonds. The van der Waals surface area contributed by atoms with Gasteiger partial charge in [-0.05, 0) is 44.7 Å². The summed E-state index contributed by atoms with van der Waals surface area (Å²) in [4.78, 5) is 24.0. The highest BCUT2D eigenvalue weighted by Gasteiger charge is 2.29. The van der Waals surface area contributed by atoms with Crippen LogP contribution >= 0.6 is 12.4 Å². The average Bonchev–Trinajstić information content (AvgIpc) is 2.97. The second kappa shape index (κ2) is 9.01. The molecule has 1 aromatic carbocycles. The van der Waals surface area contributed by atoms with Gasteiger partial charge in [-0.25, -0.2) is 0 Å². The Hall–Kier alpha value is -1.63. The van der Waals surface area contributed by atoms with Gasteiger partial charge in [0.1, 0.15) is 6.10 Å². The minimum atomic E-state index is -0.501. The van der Waals surface area contributed by atoms with Gasteiger partial charge in [0.15, 0.2) is 0 Å². The number of carbonyl (C=O) groups is 2. The first-order valence-electron chi connectivity index (χ1n) is 7.91. The summed E-state index contributed by atoms with van der Waals surface area (Å²) in [7, 11) is 0. The van der Waals surface area contributed by atoms with E-state index in [2.05, 4.69) is 10.6 Å². The van der Waals surface area contributed by atoms with Crippen LogP contribution in [0.1, 0.15) is 29.5 Å². The molecule has 6 nitrogen and oxygen atoms in total. The van der Waals surface area contributed by atoms with E-state index in [0.29, 0.717) is 13.0 Å². The number of amides is 2. The normalized spacial score (nSPS) is 19.5. The number of ether oxygens (including phenoxy) is 1. The Balaban J connectivity index is 0.00000288. The summed E-state index contributed by atoms with van der Waals surface area (Å²) in [5.41, 5.74) is 9.49. The maximum atomic E-state index is 12.1. The fraction of sp³-hybridized carbons (Fsp3) is 0.529. The van der Waals surface area contributed by atoms with Crippen LogP contribution in [0.4, 0.5) is 5.69 Å². The van der Waals surface area contributed by atoms with Gasteiger partial charge in [0.05, 0.1) is 12.6 Å². The lowest BCUT2D eigenvalue weighted by Crippen LogP contribution is -2.39. The zero-order valence-electron chi connectivity index (χ0n) is 14.3. The fourth-order valence-corrected chi connectivity index (χ4v) is 2.91. The molecule has 0 radical (unpaired) electrons. The molecule has 0 spiro atoms. The van der Waals surface area contributed by atoms with E-state index in [1.165, 1.54) is 0 Å². The molecule has 1 fully saturated rings. The van der Waals surface area contributed by atoms with Crippen LogP contribution in [-0.2, 0) is 14.3 Å². The van der Waals surface area contributed by atoms with Crippen LogP contribution in [0, 0.1) is 20.8 Å². The lowest BCUT2D eigenvalue weighted by molar-refractivity contribution is -0.133. The molecule has 2 rings (SSSR count). The molecule has 0 aliphatic carbocycles. The summed E-state index contributed by atoms with van der Waals surface area (Å²) < 4.78 is 5.51. The molecule has 1 aliphatic heterocycles. The Kier molecular flexibility index (Phi) is 7.66. The van der Waals surface area contributed by atoms with Crippen LogP contribution in [0.15, 0.2) is 12.1 Å². The van der Waals surface area contributed by atoms with Crippen molar-refractivity contribution >= 4 is 29.9 Å². The third kappa shape index (κ3) is 5.19. The topological polar surface area (TPSA) is 93.5 Å². The van der Waals surface area contributed by atoms with Crippen molar-refractivity contribution < 1.29 is 14.3 Å². The largest absolute Gasteiger partial charge is 0.364 e. The van der Waals surface area contributed by atoms with Gasteiger partial charge >= 0.3 is 0 Å².